The number of benzene rings is 1. The van der Waals surface area contributed by atoms with Gasteiger partial charge in [0, 0.05) is 31.1 Å². The first-order valence-corrected chi connectivity index (χ1v) is 7.78. The van der Waals surface area contributed by atoms with Gasteiger partial charge in [0.1, 0.15) is 5.69 Å². The summed E-state index contributed by atoms with van der Waals surface area (Å²) in [6, 6.07) is 7.88. The first kappa shape index (κ1) is 14.9. The van der Waals surface area contributed by atoms with Gasteiger partial charge in [0.2, 0.25) is 10.0 Å². The van der Waals surface area contributed by atoms with Crippen molar-refractivity contribution in [3.63, 3.8) is 0 Å². The average molecular weight is 307 g/mol. The predicted octanol–water partition coefficient (Wildman–Crippen LogP) is 2.05. The van der Waals surface area contributed by atoms with E-state index < -0.39 is 14.9 Å². The summed E-state index contributed by atoms with van der Waals surface area (Å²) in [5.41, 5.74) is 1.06. The van der Waals surface area contributed by atoms with E-state index in [9.17, 15) is 18.5 Å². The molecule has 1 heterocycles. The van der Waals surface area contributed by atoms with Gasteiger partial charge < -0.3 is 0 Å². The Hall–Kier alpha value is -2.48. The lowest BCUT2D eigenvalue weighted by molar-refractivity contribution is -0.384. The molecular weight excluding hydrogens is 294 g/mol. The van der Waals surface area contributed by atoms with Gasteiger partial charge in [-0.25, -0.2) is 8.42 Å². The van der Waals surface area contributed by atoms with E-state index in [-0.39, 0.29) is 11.4 Å². The van der Waals surface area contributed by atoms with Crippen molar-refractivity contribution in [1.82, 2.24) is 4.98 Å². The van der Waals surface area contributed by atoms with Crippen LogP contribution in [0, 0.1) is 10.1 Å². The second kappa shape index (κ2) is 5.49. The minimum atomic E-state index is -3.57. The van der Waals surface area contributed by atoms with Gasteiger partial charge in [0.15, 0.2) is 0 Å². The predicted molar refractivity (Wildman–Crippen MR) is 79.6 cm³/mol. The molecule has 0 fully saturated rings. The molecule has 0 aliphatic rings. The topological polar surface area (TPSA) is 93.4 Å². The number of anilines is 1. The first-order chi connectivity index (χ1) is 9.80. The van der Waals surface area contributed by atoms with Crippen LogP contribution in [0.2, 0.25) is 0 Å². The van der Waals surface area contributed by atoms with Gasteiger partial charge in [-0.3, -0.25) is 19.4 Å². The van der Waals surface area contributed by atoms with E-state index in [1.54, 1.807) is 30.6 Å². The lowest BCUT2D eigenvalue weighted by Gasteiger charge is -2.17. The molecule has 21 heavy (non-hydrogen) atoms. The standard InChI is InChI=1S/C13H13N3O4S/c1-15(21(2,19)20)12-6-5-10(8-13(12)16(17)18)11-4-3-7-14-9-11/h3-9H,1-2H3. The molecule has 1 aromatic heterocycles. The molecule has 0 spiro atoms. The van der Waals surface area contributed by atoms with Crippen LogP contribution in [0.3, 0.4) is 0 Å². The van der Waals surface area contributed by atoms with Crippen molar-refractivity contribution in [1.29, 1.82) is 0 Å². The number of hydrogen-bond acceptors (Lipinski definition) is 5. The van der Waals surface area contributed by atoms with Crippen LogP contribution in [0.5, 0.6) is 0 Å². The Bertz CT molecular complexity index is 775. The fourth-order valence-electron chi connectivity index (χ4n) is 1.83. The maximum atomic E-state index is 11.6. The quantitative estimate of drug-likeness (QED) is 0.636. The SMILES string of the molecule is CN(c1ccc(-c2cccnc2)cc1[N+](=O)[O-])S(C)(=O)=O. The Kier molecular flexibility index (Phi) is 3.90. The molecule has 0 radical (unpaired) electrons. The molecule has 0 aliphatic heterocycles. The minimum Gasteiger partial charge on any atom is -0.267 e. The summed E-state index contributed by atoms with van der Waals surface area (Å²) < 4.78 is 24.0. The summed E-state index contributed by atoms with van der Waals surface area (Å²) in [4.78, 5) is 14.6. The molecule has 7 nitrogen and oxygen atoms in total. The van der Waals surface area contributed by atoms with Gasteiger partial charge in [-0.15, -0.1) is 0 Å². The Labute approximate surface area is 122 Å². The zero-order valence-electron chi connectivity index (χ0n) is 11.4. The van der Waals surface area contributed by atoms with Crippen molar-refractivity contribution in [3.05, 3.63) is 52.8 Å². The second-order valence-corrected chi connectivity index (χ2v) is 6.45. The summed E-state index contributed by atoms with van der Waals surface area (Å²) in [6.45, 7) is 0. The highest BCUT2D eigenvalue weighted by molar-refractivity contribution is 7.92. The summed E-state index contributed by atoms with van der Waals surface area (Å²) in [7, 11) is -2.29. The molecular formula is C13H13N3O4S. The van der Waals surface area contributed by atoms with Crippen molar-refractivity contribution < 1.29 is 13.3 Å². The average Bonchev–Trinajstić information content (AvgIpc) is 2.45. The zero-order chi connectivity index (χ0) is 15.6. The highest BCUT2D eigenvalue weighted by Gasteiger charge is 2.23. The van der Waals surface area contributed by atoms with Crippen LogP contribution in [0.4, 0.5) is 11.4 Å². The third-order valence-corrected chi connectivity index (χ3v) is 4.20. The molecule has 0 unspecified atom stereocenters. The number of nitro benzene ring substituents is 1. The maximum Gasteiger partial charge on any atom is 0.294 e. The van der Waals surface area contributed by atoms with Crippen LogP contribution in [-0.4, -0.2) is 31.6 Å². The monoisotopic (exact) mass is 307 g/mol. The van der Waals surface area contributed by atoms with E-state index in [0.717, 1.165) is 10.6 Å². The number of rotatable bonds is 4. The minimum absolute atomic E-state index is 0.0233. The number of nitrogens with zero attached hydrogens (tertiary/aromatic N) is 3. The summed E-state index contributed by atoms with van der Waals surface area (Å²) in [5, 5.41) is 11.2. The molecule has 2 rings (SSSR count). The maximum absolute atomic E-state index is 11.6. The largest absolute Gasteiger partial charge is 0.294 e. The van der Waals surface area contributed by atoms with E-state index >= 15 is 0 Å². The zero-order valence-corrected chi connectivity index (χ0v) is 12.2. The fraction of sp³-hybridized carbons (Fsp3) is 0.154. The van der Waals surface area contributed by atoms with E-state index in [2.05, 4.69) is 4.98 Å². The number of sulfonamides is 1. The number of aromatic nitrogens is 1. The highest BCUT2D eigenvalue weighted by Crippen LogP contribution is 2.33. The Balaban J connectivity index is 2.58. The van der Waals surface area contributed by atoms with Crippen molar-refractivity contribution in [3.8, 4) is 11.1 Å². The highest BCUT2D eigenvalue weighted by atomic mass is 32.2. The van der Waals surface area contributed by atoms with Crippen molar-refractivity contribution in [2.24, 2.45) is 0 Å². The van der Waals surface area contributed by atoms with Crippen LogP contribution in [-0.2, 0) is 10.0 Å². The lowest BCUT2D eigenvalue weighted by atomic mass is 10.1. The summed E-state index contributed by atoms with van der Waals surface area (Å²) in [5.74, 6) is 0. The molecule has 0 atom stereocenters. The molecule has 8 heteroatoms. The van der Waals surface area contributed by atoms with Crippen LogP contribution >= 0.6 is 0 Å². The molecule has 0 saturated carbocycles. The Morgan fingerprint density at radius 3 is 2.48 bits per heavy atom. The first-order valence-electron chi connectivity index (χ1n) is 5.93. The molecule has 1 aromatic carbocycles. The molecule has 0 aliphatic carbocycles. The number of nitro groups is 1. The van der Waals surface area contributed by atoms with E-state index in [1.165, 1.54) is 19.2 Å². The number of hydrogen-bond donors (Lipinski definition) is 0. The van der Waals surface area contributed by atoms with Crippen LogP contribution < -0.4 is 4.31 Å². The van der Waals surface area contributed by atoms with Crippen molar-refractivity contribution in [2.75, 3.05) is 17.6 Å². The molecule has 0 bridgehead atoms. The van der Waals surface area contributed by atoms with E-state index in [4.69, 9.17) is 0 Å². The molecule has 0 N–H and O–H groups in total. The Morgan fingerprint density at radius 1 is 1.24 bits per heavy atom. The van der Waals surface area contributed by atoms with E-state index in [0.29, 0.717) is 11.1 Å². The smallest absolute Gasteiger partial charge is 0.267 e. The van der Waals surface area contributed by atoms with Gasteiger partial charge in [0.25, 0.3) is 5.69 Å². The number of pyridine rings is 1. The van der Waals surface area contributed by atoms with Crippen LogP contribution in [0.25, 0.3) is 11.1 Å². The van der Waals surface area contributed by atoms with Crippen molar-refractivity contribution >= 4 is 21.4 Å². The van der Waals surface area contributed by atoms with E-state index in [1.807, 2.05) is 0 Å². The molecule has 110 valence electrons. The molecule has 0 amide bonds. The van der Waals surface area contributed by atoms with Gasteiger partial charge in [-0.2, -0.15) is 0 Å². The third-order valence-electron chi connectivity index (χ3n) is 3.00. The normalized spacial score (nSPS) is 11.1. The van der Waals surface area contributed by atoms with Crippen LogP contribution in [0.1, 0.15) is 0 Å². The molecule has 2 aromatic rings. The van der Waals surface area contributed by atoms with Crippen LogP contribution in [0.15, 0.2) is 42.7 Å². The van der Waals surface area contributed by atoms with Gasteiger partial charge >= 0.3 is 0 Å². The lowest BCUT2D eigenvalue weighted by Crippen LogP contribution is -2.25. The third kappa shape index (κ3) is 3.16. The summed E-state index contributed by atoms with van der Waals surface area (Å²) >= 11 is 0. The van der Waals surface area contributed by atoms with Gasteiger partial charge in [-0.05, 0) is 17.7 Å². The van der Waals surface area contributed by atoms with Crippen molar-refractivity contribution in [2.45, 2.75) is 0 Å². The Morgan fingerprint density at radius 2 is 1.95 bits per heavy atom. The molecule has 0 saturated heterocycles. The van der Waals surface area contributed by atoms with Gasteiger partial charge in [0.05, 0.1) is 11.2 Å². The summed E-state index contributed by atoms with van der Waals surface area (Å²) in [6.07, 6.45) is 4.18. The second-order valence-electron chi connectivity index (χ2n) is 4.43. The van der Waals surface area contributed by atoms with Gasteiger partial charge in [-0.1, -0.05) is 12.1 Å². The fourth-order valence-corrected chi connectivity index (χ4v) is 2.34.